The lowest BCUT2D eigenvalue weighted by molar-refractivity contribution is -0.131. The summed E-state index contributed by atoms with van der Waals surface area (Å²) in [6.07, 6.45) is 4.67. The van der Waals surface area contributed by atoms with Gasteiger partial charge < -0.3 is 14.7 Å². The summed E-state index contributed by atoms with van der Waals surface area (Å²) in [5, 5.41) is 9.15. The van der Waals surface area contributed by atoms with Crippen molar-refractivity contribution in [1.82, 2.24) is 14.4 Å². The largest absolute Gasteiger partial charge is 0.477 e. The third-order valence-electron chi connectivity index (χ3n) is 3.64. The minimum Gasteiger partial charge on any atom is -0.477 e. The summed E-state index contributed by atoms with van der Waals surface area (Å²) < 4.78 is 30.5. The Morgan fingerprint density at radius 2 is 2.36 bits per heavy atom. The molecular weight excluding hydrogens is 298 g/mol. The van der Waals surface area contributed by atoms with E-state index in [1.807, 2.05) is 0 Å². The second-order valence-corrected chi connectivity index (χ2v) is 4.99. The summed E-state index contributed by atoms with van der Waals surface area (Å²) in [7, 11) is 0. The zero-order valence-electron chi connectivity index (χ0n) is 11.5. The molecule has 2 aromatic rings. The Morgan fingerprint density at radius 3 is 3.09 bits per heavy atom. The Bertz CT molecular complexity index is 691. The van der Waals surface area contributed by atoms with Gasteiger partial charge in [-0.25, -0.2) is 14.8 Å². The van der Waals surface area contributed by atoms with Crippen LogP contribution in [-0.2, 0) is 4.74 Å². The molecule has 0 saturated carbocycles. The van der Waals surface area contributed by atoms with Crippen molar-refractivity contribution >= 4 is 17.6 Å². The van der Waals surface area contributed by atoms with Crippen LogP contribution in [0.3, 0.4) is 0 Å². The van der Waals surface area contributed by atoms with E-state index in [-0.39, 0.29) is 18.3 Å². The number of imidazole rings is 1. The molecule has 118 valence electrons. The van der Waals surface area contributed by atoms with E-state index >= 15 is 0 Å². The van der Waals surface area contributed by atoms with Crippen LogP contribution < -0.4 is 4.90 Å². The van der Waals surface area contributed by atoms with Gasteiger partial charge in [-0.1, -0.05) is 0 Å². The van der Waals surface area contributed by atoms with Gasteiger partial charge in [-0.3, -0.25) is 4.40 Å². The van der Waals surface area contributed by atoms with Gasteiger partial charge in [0.1, 0.15) is 5.65 Å². The summed E-state index contributed by atoms with van der Waals surface area (Å²) in [5.74, 6) is -0.779. The van der Waals surface area contributed by atoms with E-state index in [4.69, 9.17) is 5.11 Å². The number of carboxylic acid groups (broad SMARTS) is 1. The van der Waals surface area contributed by atoms with Crippen LogP contribution >= 0.6 is 0 Å². The highest BCUT2D eigenvalue weighted by atomic mass is 19.3. The van der Waals surface area contributed by atoms with Crippen LogP contribution in [0.2, 0.25) is 0 Å². The van der Waals surface area contributed by atoms with Crippen LogP contribution in [0.1, 0.15) is 23.3 Å². The third kappa shape index (κ3) is 2.71. The number of nitrogens with zero attached hydrogens (tertiary/aromatic N) is 4. The molecule has 1 N–H and O–H groups in total. The van der Waals surface area contributed by atoms with E-state index in [1.54, 1.807) is 15.5 Å². The van der Waals surface area contributed by atoms with Gasteiger partial charge in [0.25, 0.3) is 0 Å². The van der Waals surface area contributed by atoms with Crippen LogP contribution in [0, 0.1) is 0 Å². The lowest BCUT2D eigenvalue weighted by Crippen LogP contribution is -2.36. The first-order valence-electron chi connectivity index (χ1n) is 6.80. The van der Waals surface area contributed by atoms with Crippen molar-refractivity contribution < 1.29 is 23.4 Å². The molecule has 9 heteroatoms. The smallest absolute Gasteiger partial charge is 0.354 e. The van der Waals surface area contributed by atoms with Crippen LogP contribution in [-0.4, -0.2) is 51.2 Å². The van der Waals surface area contributed by atoms with Crippen LogP contribution in [0.15, 0.2) is 18.5 Å². The number of aromatic carboxylic acids is 1. The summed E-state index contributed by atoms with van der Waals surface area (Å²) in [6.45, 7) is -2.36. The molecule has 0 radical (unpaired) electrons. The number of halogens is 2. The van der Waals surface area contributed by atoms with E-state index in [0.29, 0.717) is 24.6 Å². The SMILES string of the molecule is O=C(O)c1cc2nccn2c(N2CCCC2COC(F)F)n1. The minimum absolute atomic E-state index is 0.130. The molecule has 3 rings (SSSR count). The van der Waals surface area contributed by atoms with Crippen molar-refractivity contribution in [2.75, 3.05) is 18.1 Å². The summed E-state index contributed by atoms with van der Waals surface area (Å²) in [5.41, 5.74) is 0.317. The van der Waals surface area contributed by atoms with Gasteiger partial charge in [-0.2, -0.15) is 8.78 Å². The number of carbonyl (C=O) groups is 1. The fourth-order valence-electron chi connectivity index (χ4n) is 2.68. The summed E-state index contributed by atoms with van der Waals surface area (Å²) >= 11 is 0. The number of hydrogen-bond donors (Lipinski definition) is 1. The van der Waals surface area contributed by atoms with E-state index in [9.17, 15) is 13.6 Å². The van der Waals surface area contributed by atoms with E-state index in [1.165, 1.54) is 12.3 Å². The number of carboxylic acids is 1. The van der Waals surface area contributed by atoms with Crippen LogP contribution in [0.25, 0.3) is 5.65 Å². The number of aromatic nitrogens is 3. The fraction of sp³-hybridized carbons (Fsp3) is 0.462. The van der Waals surface area contributed by atoms with Crippen molar-refractivity contribution in [1.29, 1.82) is 0 Å². The molecule has 0 spiro atoms. The van der Waals surface area contributed by atoms with Crippen molar-refractivity contribution in [3.05, 3.63) is 24.2 Å². The molecule has 0 amide bonds. The summed E-state index contributed by atoms with van der Waals surface area (Å²) in [4.78, 5) is 21.2. The molecule has 0 aliphatic carbocycles. The molecular formula is C13H14F2N4O3. The fourth-order valence-corrected chi connectivity index (χ4v) is 2.68. The topological polar surface area (TPSA) is 80.0 Å². The molecule has 22 heavy (non-hydrogen) atoms. The second kappa shape index (κ2) is 5.84. The number of anilines is 1. The molecule has 1 fully saturated rings. The second-order valence-electron chi connectivity index (χ2n) is 4.99. The maximum Gasteiger partial charge on any atom is 0.354 e. The Kier molecular flexibility index (Phi) is 3.88. The molecule has 1 saturated heterocycles. The molecule has 1 unspecified atom stereocenters. The first kappa shape index (κ1) is 14.6. The maximum absolute atomic E-state index is 12.2. The van der Waals surface area contributed by atoms with Gasteiger partial charge in [0.05, 0.1) is 12.6 Å². The monoisotopic (exact) mass is 312 g/mol. The van der Waals surface area contributed by atoms with E-state index in [2.05, 4.69) is 14.7 Å². The highest BCUT2D eigenvalue weighted by Gasteiger charge is 2.29. The molecule has 2 aromatic heterocycles. The van der Waals surface area contributed by atoms with Crippen molar-refractivity contribution in [3.63, 3.8) is 0 Å². The van der Waals surface area contributed by atoms with Crippen molar-refractivity contribution in [2.24, 2.45) is 0 Å². The average molecular weight is 312 g/mol. The Hall–Kier alpha value is -2.29. The van der Waals surface area contributed by atoms with Gasteiger partial charge in [0.2, 0.25) is 5.95 Å². The number of alkyl halides is 2. The Labute approximate surface area is 124 Å². The predicted molar refractivity (Wildman–Crippen MR) is 72.3 cm³/mol. The van der Waals surface area contributed by atoms with Crippen LogP contribution in [0.4, 0.5) is 14.7 Å². The van der Waals surface area contributed by atoms with Gasteiger partial charge in [0, 0.05) is 25.0 Å². The van der Waals surface area contributed by atoms with Gasteiger partial charge in [-0.05, 0) is 12.8 Å². The quantitative estimate of drug-likeness (QED) is 0.904. The predicted octanol–water partition coefficient (Wildman–Crippen LogP) is 1.64. The highest BCUT2D eigenvalue weighted by molar-refractivity contribution is 5.87. The highest BCUT2D eigenvalue weighted by Crippen LogP contribution is 2.25. The van der Waals surface area contributed by atoms with Crippen LogP contribution in [0.5, 0.6) is 0 Å². The molecule has 1 aliphatic heterocycles. The first-order chi connectivity index (χ1) is 10.6. The number of fused-ring (bicyclic) bond motifs is 1. The first-order valence-corrected chi connectivity index (χ1v) is 6.80. The van der Waals surface area contributed by atoms with Gasteiger partial charge in [0.15, 0.2) is 5.69 Å². The average Bonchev–Trinajstić information content (AvgIpc) is 3.12. The Morgan fingerprint density at radius 1 is 1.55 bits per heavy atom. The number of rotatable bonds is 5. The van der Waals surface area contributed by atoms with Gasteiger partial charge >= 0.3 is 12.6 Å². The Balaban J connectivity index is 1.97. The lowest BCUT2D eigenvalue weighted by atomic mass is 10.2. The normalized spacial score (nSPS) is 18.5. The standard InChI is InChI=1S/C13H14F2N4O3/c14-12(15)22-7-8-2-1-4-18(8)13-17-9(11(20)21)6-10-16-3-5-19(10)13/h3,5-6,8,12H,1-2,4,7H2,(H,20,21). The van der Waals surface area contributed by atoms with Gasteiger partial charge in [-0.15, -0.1) is 0 Å². The lowest BCUT2D eigenvalue weighted by Gasteiger charge is -2.26. The minimum atomic E-state index is -2.82. The van der Waals surface area contributed by atoms with Crippen molar-refractivity contribution in [3.8, 4) is 0 Å². The number of ether oxygens (including phenoxy) is 1. The van der Waals surface area contributed by atoms with E-state index in [0.717, 1.165) is 6.42 Å². The maximum atomic E-state index is 12.2. The molecule has 0 aromatic carbocycles. The molecule has 0 bridgehead atoms. The van der Waals surface area contributed by atoms with E-state index < -0.39 is 12.6 Å². The third-order valence-corrected chi connectivity index (χ3v) is 3.64. The molecule has 1 aliphatic rings. The zero-order chi connectivity index (χ0) is 15.7. The summed E-state index contributed by atoms with van der Waals surface area (Å²) in [6, 6.07) is 1.10. The molecule has 3 heterocycles. The van der Waals surface area contributed by atoms with Crippen molar-refractivity contribution in [2.45, 2.75) is 25.5 Å². The molecule has 7 nitrogen and oxygen atoms in total. The zero-order valence-corrected chi connectivity index (χ0v) is 11.5. The molecule has 1 atom stereocenters. The number of hydrogen-bond acceptors (Lipinski definition) is 5.